The van der Waals surface area contributed by atoms with Gasteiger partial charge in [-0.2, -0.15) is 4.98 Å². The number of aromatic amines is 1. The van der Waals surface area contributed by atoms with Gasteiger partial charge in [0.2, 0.25) is 11.9 Å². The Morgan fingerprint density at radius 2 is 2.08 bits per heavy atom. The summed E-state index contributed by atoms with van der Waals surface area (Å²) in [5, 5.41) is 12.2. The van der Waals surface area contributed by atoms with Gasteiger partial charge >= 0.3 is 0 Å². The molecule has 130 valence electrons. The van der Waals surface area contributed by atoms with Gasteiger partial charge in [0, 0.05) is 18.5 Å². The van der Waals surface area contributed by atoms with Crippen molar-refractivity contribution >= 4 is 52.1 Å². The van der Waals surface area contributed by atoms with Crippen LogP contribution in [0.4, 0.5) is 11.9 Å². The molecule has 1 aliphatic rings. The van der Waals surface area contributed by atoms with E-state index in [4.69, 9.17) is 11.6 Å². The van der Waals surface area contributed by atoms with Crippen molar-refractivity contribution in [3.63, 3.8) is 0 Å². The first-order valence-corrected chi connectivity index (χ1v) is 9.96. The molecular weight excluding hydrogens is 380 g/mol. The van der Waals surface area contributed by atoms with E-state index in [2.05, 4.69) is 30.4 Å². The number of carbonyl (C=O) groups excluding carboxylic acids is 1. The van der Waals surface area contributed by atoms with E-state index in [1.807, 2.05) is 12.1 Å². The molecule has 1 amide bonds. The number of piperidine rings is 1. The number of rotatable bonds is 4. The van der Waals surface area contributed by atoms with Crippen LogP contribution in [0.3, 0.4) is 0 Å². The lowest BCUT2D eigenvalue weighted by Crippen LogP contribution is -2.30. The van der Waals surface area contributed by atoms with Gasteiger partial charge in [0.25, 0.3) is 5.91 Å². The van der Waals surface area contributed by atoms with Gasteiger partial charge in [-0.15, -0.1) is 27.8 Å². The molecule has 0 atom stereocenters. The molecule has 10 heteroatoms. The third-order valence-electron chi connectivity index (χ3n) is 3.87. The second-order valence-corrected chi connectivity index (χ2v) is 8.20. The Balaban J connectivity index is 1.43. The molecule has 0 saturated carbocycles. The lowest BCUT2D eigenvalue weighted by molar-refractivity contribution is 0.102. The van der Waals surface area contributed by atoms with E-state index in [9.17, 15) is 4.79 Å². The summed E-state index contributed by atoms with van der Waals surface area (Å²) in [5.74, 6) is 0.646. The maximum Gasteiger partial charge on any atom is 0.277 e. The first-order valence-electron chi connectivity index (χ1n) is 7.89. The van der Waals surface area contributed by atoms with E-state index < -0.39 is 0 Å². The number of nitrogens with one attached hydrogen (secondary N) is 2. The summed E-state index contributed by atoms with van der Waals surface area (Å²) in [6, 6.07) is 3.72. The van der Waals surface area contributed by atoms with Crippen LogP contribution in [0.25, 0.3) is 9.88 Å². The largest absolute Gasteiger partial charge is 0.340 e. The van der Waals surface area contributed by atoms with Crippen LogP contribution in [0, 0.1) is 0 Å². The highest BCUT2D eigenvalue weighted by Crippen LogP contribution is 2.33. The molecule has 4 rings (SSSR count). The van der Waals surface area contributed by atoms with E-state index in [1.165, 1.54) is 29.1 Å². The quantitative estimate of drug-likeness (QED) is 0.701. The minimum Gasteiger partial charge on any atom is -0.340 e. The van der Waals surface area contributed by atoms with Crippen LogP contribution in [-0.2, 0) is 0 Å². The summed E-state index contributed by atoms with van der Waals surface area (Å²) in [7, 11) is 0. The molecule has 0 aromatic carbocycles. The predicted octanol–water partition coefficient (Wildman–Crippen LogP) is 3.89. The Kier molecular flexibility index (Phi) is 4.69. The van der Waals surface area contributed by atoms with Crippen LogP contribution in [0.2, 0.25) is 4.34 Å². The highest BCUT2D eigenvalue weighted by molar-refractivity contribution is 7.23. The Bertz CT molecular complexity index is 882. The smallest absolute Gasteiger partial charge is 0.277 e. The number of thiazole rings is 1. The number of carbonyl (C=O) groups is 1. The van der Waals surface area contributed by atoms with E-state index in [-0.39, 0.29) is 5.91 Å². The standard InChI is InChI=1S/C15H15ClN6OS2/c16-11-5-4-10(25-11)13-17-9(8-24-13)12(23)18-14-19-15(21-20-14)22-6-2-1-3-7-22/h4-5,8H,1-3,6-7H2,(H2,18,19,20,21,23). The number of halogens is 1. The van der Waals surface area contributed by atoms with Crippen molar-refractivity contribution in [2.75, 3.05) is 23.3 Å². The Morgan fingerprint density at radius 3 is 2.84 bits per heavy atom. The highest BCUT2D eigenvalue weighted by Gasteiger charge is 2.18. The molecule has 3 aromatic rings. The molecule has 3 aromatic heterocycles. The van der Waals surface area contributed by atoms with Crippen LogP contribution in [0.15, 0.2) is 17.5 Å². The maximum atomic E-state index is 12.4. The fraction of sp³-hybridized carbons (Fsp3) is 0.333. The molecule has 0 spiro atoms. The first-order chi connectivity index (χ1) is 12.2. The van der Waals surface area contributed by atoms with Crippen LogP contribution >= 0.6 is 34.3 Å². The maximum absolute atomic E-state index is 12.4. The zero-order valence-corrected chi connectivity index (χ0v) is 15.5. The van der Waals surface area contributed by atoms with Crippen molar-refractivity contribution in [2.24, 2.45) is 0 Å². The lowest BCUT2D eigenvalue weighted by atomic mass is 10.1. The number of H-pyrrole nitrogens is 1. The fourth-order valence-electron chi connectivity index (χ4n) is 2.64. The average Bonchev–Trinajstić information content (AvgIpc) is 3.35. The summed E-state index contributed by atoms with van der Waals surface area (Å²) >= 11 is 8.79. The van der Waals surface area contributed by atoms with Gasteiger partial charge in [0.1, 0.15) is 10.7 Å². The number of hydrogen-bond acceptors (Lipinski definition) is 7. The van der Waals surface area contributed by atoms with E-state index in [0.717, 1.165) is 35.8 Å². The molecule has 2 N–H and O–H groups in total. The van der Waals surface area contributed by atoms with Crippen LogP contribution in [0.1, 0.15) is 29.8 Å². The monoisotopic (exact) mass is 394 g/mol. The van der Waals surface area contributed by atoms with Crippen molar-refractivity contribution in [3.8, 4) is 9.88 Å². The van der Waals surface area contributed by atoms with Gasteiger partial charge in [-0.3, -0.25) is 10.1 Å². The summed E-state index contributed by atoms with van der Waals surface area (Å²) < 4.78 is 0.697. The summed E-state index contributed by atoms with van der Waals surface area (Å²) in [6.07, 6.45) is 3.53. The normalized spacial score (nSPS) is 14.7. The van der Waals surface area contributed by atoms with Crippen molar-refractivity contribution < 1.29 is 4.79 Å². The SMILES string of the molecule is O=C(Nc1nc(N2CCCCC2)n[nH]1)c1csc(-c2ccc(Cl)s2)n1. The van der Waals surface area contributed by atoms with E-state index >= 15 is 0 Å². The lowest BCUT2D eigenvalue weighted by Gasteiger charge is -2.24. The van der Waals surface area contributed by atoms with E-state index in [1.54, 1.807) is 5.38 Å². The van der Waals surface area contributed by atoms with Crippen molar-refractivity contribution in [1.82, 2.24) is 20.2 Å². The molecule has 0 bridgehead atoms. The van der Waals surface area contributed by atoms with Crippen LogP contribution < -0.4 is 10.2 Å². The zero-order chi connectivity index (χ0) is 17.2. The molecule has 1 saturated heterocycles. The second kappa shape index (κ2) is 7.11. The minimum absolute atomic E-state index is 0.313. The molecule has 0 aliphatic carbocycles. The molecule has 1 aliphatic heterocycles. The third kappa shape index (κ3) is 3.68. The molecular formula is C15H15ClN6OS2. The number of aromatic nitrogens is 4. The summed E-state index contributed by atoms with van der Waals surface area (Å²) in [6.45, 7) is 1.90. The topological polar surface area (TPSA) is 86.8 Å². The van der Waals surface area contributed by atoms with Gasteiger partial charge in [-0.25, -0.2) is 10.1 Å². The molecule has 0 radical (unpaired) electrons. The summed E-state index contributed by atoms with van der Waals surface area (Å²) in [4.78, 5) is 24.2. The van der Waals surface area contributed by atoms with Crippen molar-refractivity contribution in [3.05, 3.63) is 27.5 Å². The number of thiophene rings is 1. The van der Waals surface area contributed by atoms with Gasteiger partial charge in [-0.1, -0.05) is 11.6 Å². The molecule has 7 nitrogen and oxygen atoms in total. The Labute approximate surface area is 157 Å². The Hall–Kier alpha value is -1.97. The second-order valence-electron chi connectivity index (χ2n) is 5.63. The average molecular weight is 395 g/mol. The van der Waals surface area contributed by atoms with E-state index in [0.29, 0.717) is 21.9 Å². The molecule has 4 heterocycles. The van der Waals surface area contributed by atoms with Crippen LogP contribution in [-0.4, -0.2) is 39.2 Å². The van der Waals surface area contributed by atoms with Crippen molar-refractivity contribution in [2.45, 2.75) is 19.3 Å². The van der Waals surface area contributed by atoms with Crippen LogP contribution in [0.5, 0.6) is 0 Å². The zero-order valence-electron chi connectivity index (χ0n) is 13.2. The first kappa shape index (κ1) is 16.5. The molecule has 1 fully saturated rings. The number of amides is 1. The number of anilines is 2. The van der Waals surface area contributed by atoms with Gasteiger partial charge in [-0.05, 0) is 31.4 Å². The van der Waals surface area contributed by atoms with Gasteiger partial charge < -0.3 is 4.90 Å². The minimum atomic E-state index is -0.313. The highest BCUT2D eigenvalue weighted by atomic mass is 35.5. The van der Waals surface area contributed by atoms with Gasteiger partial charge in [0.15, 0.2) is 0 Å². The fourth-order valence-corrected chi connectivity index (χ4v) is 4.55. The number of nitrogens with zero attached hydrogens (tertiary/aromatic N) is 4. The Morgan fingerprint density at radius 1 is 1.24 bits per heavy atom. The third-order valence-corrected chi connectivity index (χ3v) is 6.11. The van der Waals surface area contributed by atoms with Gasteiger partial charge in [0.05, 0.1) is 9.21 Å². The van der Waals surface area contributed by atoms with Crippen molar-refractivity contribution in [1.29, 1.82) is 0 Å². The number of hydrogen-bond donors (Lipinski definition) is 2. The molecule has 25 heavy (non-hydrogen) atoms. The molecule has 0 unspecified atom stereocenters. The summed E-state index contributed by atoms with van der Waals surface area (Å²) in [5.41, 5.74) is 0.348. The predicted molar refractivity (Wildman–Crippen MR) is 101 cm³/mol.